The van der Waals surface area contributed by atoms with Crippen LogP contribution >= 0.6 is 0 Å². The summed E-state index contributed by atoms with van der Waals surface area (Å²) >= 11 is 0. The SMILES string of the molecule is C=COC(=O)C(F)(F)C(F)(F)C(F)(F)C(F)(F)C(F)(F)F. The molecule has 0 N–H and O–H groups in total. The summed E-state index contributed by atoms with van der Waals surface area (Å²) in [5, 5.41) is 0. The molecule has 0 saturated carbocycles. The van der Waals surface area contributed by atoms with Gasteiger partial charge in [0.15, 0.2) is 0 Å². The van der Waals surface area contributed by atoms with Gasteiger partial charge >= 0.3 is 35.8 Å². The molecule has 13 heteroatoms. The van der Waals surface area contributed by atoms with E-state index in [2.05, 4.69) is 11.3 Å². The van der Waals surface area contributed by atoms with Crippen LogP contribution in [0.25, 0.3) is 0 Å². The Morgan fingerprint density at radius 2 is 1.14 bits per heavy atom. The van der Waals surface area contributed by atoms with Gasteiger partial charge in [-0.2, -0.15) is 48.3 Å². The second-order valence-corrected chi connectivity index (χ2v) is 3.37. The molecule has 0 aromatic heterocycles. The number of alkyl halides is 11. The Kier molecular flexibility index (Phi) is 4.64. The number of hydrogen-bond acceptors (Lipinski definition) is 2. The first-order chi connectivity index (χ1) is 8.98. The van der Waals surface area contributed by atoms with E-state index in [1.807, 2.05) is 0 Å². The molecular weight excluding hydrogens is 337 g/mol. The van der Waals surface area contributed by atoms with E-state index in [9.17, 15) is 53.1 Å². The topological polar surface area (TPSA) is 26.3 Å². The zero-order chi connectivity index (χ0) is 17.5. The van der Waals surface area contributed by atoms with Crippen molar-refractivity contribution >= 4 is 5.97 Å². The van der Waals surface area contributed by atoms with Crippen LogP contribution in [0.3, 0.4) is 0 Å². The van der Waals surface area contributed by atoms with Gasteiger partial charge in [0.2, 0.25) is 0 Å². The van der Waals surface area contributed by atoms with E-state index in [0.29, 0.717) is 0 Å². The van der Waals surface area contributed by atoms with E-state index in [0.717, 1.165) is 0 Å². The standard InChI is InChI=1S/C8H3F11O2/c1-2-21-3(20)4(9,10)5(11,12)6(13,14)7(15,16)8(17,18)19/h2H,1H2. The lowest BCUT2D eigenvalue weighted by molar-refractivity contribution is -0.418. The van der Waals surface area contributed by atoms with Gasteiger partial charge in [-0.25, -0.2) is 4.79 Å². The van der Waals surface area contributed by atoms with E-state index in [4.69, 9.17) is 0 Å². The summed E-state index contributed by atoms with van der Waals surface area (Å²) in [6.45, 7) is 2.41. The fraction of sp³-hybridized carbons (Fsp3) is 0.625. The van der Waals surface area contributed by atoms with Gasteiger partial charge in [0.25, 0.3) is 0 Å². The number of carbonyl (C=O) groups is 1. The first-order valence-corrected chi connectivity index (χ1v) is 4.38. The van der Waals surface area contributed by atoms with Crippen LogP contribution in [-0.2, 0) is 9.53 Å². The first-order valence-electron chi connectivity index (χ1n) is 4.38. The molecule has 0 aromatic carbocycles. The molecule has 0 heterocycles. The Morgan fingerprint density at radius 1 is 0.762 bits per heavy atom. The summed E-state index contributed by atoms with van der Waals surface area (Å²) in [4.78, 5) is 10.4. The van der Waals surface area contributed by atoms with Crippen molar-refractivity contribution in [1.29, 1.82) is 0 Å². The molecule has 0 atom stereocenters. The summed E-state index contributed by atoms with van der Waals surface area (Å²) in [5.74, 6) is -32.7. The maximum Gasteiger partial charge on any atom is 0.460 e. The third-order valence-corrected chi connectivity index (χ3v) is 1.99. The minimum Gasteiger partial charge on any atom is -0.431 e. The third-order valence-electron chi connectivity index (χ3n) is 1.99. The van der Waals surface area contributed by atoms with Crippen molar-refractivity contribution in [3.8, 4) is 0 Å². The van der Waals surface area contributed by atoms with Crippen molar-refractivity contribution in [3.05, 3.63) is 12.8 Å². The summed E-state index contributed by atoms with van der Waals surface area (Å²) in [6.07, 6.45) is -7.52. The molecule has 21 heavy (non-hydrogen) atoms. The normalized spacial score (nSPS) is 14.8. The molecule has 0 aliphatic heterocycles. The van der Waals surface area contributed by atoms with Crippen LogP contribution in [-0.4, -0.2) is 35.8 Å². The number of esters is 1. The summed E-state index contributed by atoms with van der Waals surface area (Å²) in [7, 11) is 0. The van der Waals surface area contributed by atoms with Crippen LogP contribution in [0.4, 0.5) is 48.3 Å². The van der Waals surface area contributed by atoms with Crippen molar-refractivity contribution in [2.24, 2.45) is 0 Å². The quantitative estimate of drug-likeness (QED) is 0.433. The molecule has 0 radical (unpaired) electrons. The smallest absolute Gasteiger partial charge is 0.431 e. The molecule has 0 fully saturated rings. The minimum absolute atomic E-state index is 0.244. The van der Waals surface area contributed by atoms with Crippen LogP contribution < -0.4 is 0 Å². The molecule has 0 aliphatic rings. The second-order valence-electron chi connectivity index (χ2n) is 3.37. The molecule has 0 aromatic rings. The molecule has 0 unspecified atom stereocenters. The number of ether oxygens (including phenoxy) is 1. The van der Waals surface area contributed by atoms with Crippen molar-refractivity contribution in [1.82, 2.24) is 0 Å². The molecule has 0 spiro atoms. The van der Waals surface area contributed by atoms with E-state index in [1.165, 1.54) is 0 Å². The maximum atomic E-state index is 12.8. The highest BCUT2D eigenvalue weighted by atomic mass is 19.4. The van der Waals surface area contributed by atoms with Gasteiger partial charge in [-0.1, -0.05) is 6.58 Å². The average molecular weight is 340 g/mol. The zero-order valence-electron chi connectivity index (χ0n) is 9.26. The van der Waals surface area contributed by atoms with E-state index in [-0.39, 0.29) is 6.26 Å². The highest BCUT2D eigenvalue weighted by Crippen LogP contribution is 2.57. The number of halogens is 11. The van der Waals surface area contributed by atoms with E-state index < -0.39 is 35.8 Å². The van der Waals surface area contributed by atoms with Crippen molar-refractivity contribution in [2.75, 3.05) is 0 Å². The lowest BCUT2D eigenvalue weighted by Gasteiger charge is -2.35. The Balaban J connectivity index is 6.00. The Labute approximate surface area is 108 Å². The van der Waals surface area contributed by atoms with Gasteiger partial charge in [-0.3, -0.25) is 0 Å². The molecule has 2 nitrogen and oxygen atoms in total. The van der Waals surface area contributed by atoms with Crippen molar-refractivity contribution < 1.29 is 57.8 Å². The third kappa shape index (κ3) is 2.64. The van der Waals surface area contributed by atoms with E-state index in [1.54, 1.807) is 0 Å². The van der Waals surface area contributed by atoms with Gasteiger partial charge in [-0.15, -0.1) is 0 Å². The van der Waals surface area contributed by atoms with Gasteiger partial charge in [0.05, 0.1) is 6.26 Å². The number of hydrogen-bond donors (Lipinski definition) is 0. The molecule has 124 valence electrons. The minimum atomic E-state index is -7.64. The Hall–Kier alpha value is -1.56. The lowest BCUT2D eigenvalue weighted by Crippen LogP contribution is -2.68. The average Bonchev–Trinajstić information content (AvgIpc) is 2.26. The van der Waals surface area contributed by atoms with Crippen molar-refractivity contribution in [3.63, 3.8) is 0 Å². The highest BCUT2D eigenvalue weighted by molar-refractivity contribution is 5.79. The fourth-order valence-corrected chi connectivity index (χ4v) is 0.850. The molecule has 0 saturated heterocycles. The van der Waals surface area contributed by atoms with Crippen molar-refractivity contribution in [2.45, 2.75) is 29.9 Å². The van der Waals surface area contributed by atoms with Crippen LogP contribution in [0, 0.1) is 0 Å². The molecule has 0 amide bonds. The van der Waals surface area contributed by atoms with Crippen LogP contribution in [0.5, 0.6) is 0 Å². The highest BCUT2D eigenvalue weighted by Gasteiger charge is 2.88. The van der Waals surface area contributed by atoms with Gasteiger partial charge in [0.1, 0.15) is 0 Å². The monoisotopic (exact) mass is 340 g/mol. The first kappa shape index (κ1) is 19.4. The predicted molar refractivity (Wildman–Crippen MR) is 42.1 cm³/mol. The van der Waals surface area contributed by atoms with Gasteiger partial charge in [0, 0.05) is 0 Å². The second kappa shape index (κ2) is 5.02. The molecule has 0 aliphatic carbocycles. The lowest BCUT2D eigenvalue weighted by atomic mass is 9.98. The largest absolute Gasteiger partial charge is 0.460 e. The maximum absolute atomic E-state index is 12.8. The Bertz CT molecular complexity index is 422. The Morgan fingerprint density at radius 3 is 1.43 bits per heavy atom. The number of carbonyl (C=O) groups excluding carboxylic acids is 1. The van der Waals surface area contributed by atoms with Crippen LogP contribution in [0.15, 0.2) is 12.8 Å². The molecule has 0 bridgehead atoms. The number of rotatable bonds is 5. The summed E-state index contributed by atoms with van der Waals surface area (Å²) in [5.41, 5.74) is 0. The summed E-state index contributed by atoms with van der Waals surface area (Å²) < 4.78 is 139. The van der Waals surface area contributed by atoms with Crippen LogP contribution in [0.1, 0.15) is 0 Å². The molecule has 0 rings (SSSR count). The van der Waals surface area contributed by atoms with Crippen LogP contribution in [0.2, 0.25) is 0 Å². The van der Waals surface area contributed by atoms with E-state index >= 15 is 0 Å². The van der Waals surface area contributed by atoms with Gasteiger partial charge in [-0.05, 0) is 0 Å². The fourth-order valence-electron chi connectivity index (χ4n) is 0.850. The molecular formula is C8H3F11O2. The predicted octanol–water partition coefficient (Wildman–Crippen LogP) is 3.78. The summed E-state index contributed by atoms with van der Waals surface area (Å²) in [6, 6.07) is 0. The van der Waals surface area contributed by atoms with Gasteiger partial charge < -0.3 is 4.74 Å². The zero-order valence-corrected chi connectivity index (χ0v) is 9.26.